The Bertz CT molecular complexity index is 734. The molecule has 0 spiro atoms. The normalized spacial score (nSPS) is 12.1. The summed E-state index contributed by atoms with van der Waals surface area (Å²) in [5.41, 5.74) is 2.56. The molecule has 0 N–H and O–H groups in total. The van der Waals surface area contributed by atoms with Crippen molar-refractivity contribution in [3.8, 4) is 0 Å². The second-order valence-corrected chi connectivity index (χ2v) is 6.25. The SMILES string of the molecule is C/C=C(\SC(C)=Nc1ccccc1)c1ccc(C(=O)OCC)cc1. The van der Waals surface area contributed by atoms with E-state index in [1.165, 1.54) is 0 Å². The van der Waals surface area contributed by atoms with Gasteiger partial charge < -0.3 is 4.74 Å². The predicted octanol–water partition coefficient (Wildman–Crippen LogP) is 5.71. The van der Waals surface area contributed by atoms with Gasteiger partial charge in [0, 0.05) is 4.91 Å². The maximum Gasteiger partial charge on any atom is 0.338 e. The van der Waals surface area contributed by atoms with Gasteiger partial charge in [-0.05, 0) is 50.6 Å². The molecule has 0 saturated heterocycles. The molecular formula is C20H21NO2S. The van der Waals surface area contributed by atoms with Gasteiger partial charge in [0.1, 0.15) is 0 Å². The van der Waals surface area contributed by atoms with Gasteiger partial charge in [0.15, 0.2) is 0 Å². The Morgan fingerprint density at radius 1 is 1.08 bits per heavy atom. The van der Waals surface area contributed by atoms with E-state index < -0.39 is 0 Å². The lowest BCUT2D eigenvalue weighted by Crippen LogP contribution is -2.04. The summed E-state index contributed by atoms with van der Waals surface area (Å²) in [5, 5.41) is 0.962. The third-order valence-corrected chi connectivity index (χ3v) is 4.32. The predicted molar refractivity (Wildman–Crippen MR) is 103 cm³/mol. The number of esters is 1. The van der Waals surface area contributed by atoms with Crippen molar-refractivity contribution in [1.29, 1.82) is 0 Å². The van der Waals surface area contributed by atoms with Crippen LogP contribution >= 0.6 is 11.8 Å². The zero-order valence-electron chi connectivity index (χ0n) is 14.2. The molecule has 24 heavy (non-hydrogen) atoms. The molecule has 0 bridgehead atoms. The summed E-state index contributed by atoms with van der Waals surface area (Å²) in [6.07, 6.45) is 2.05. The van der Waals surface area contributed by atoms with Crippen molar-refractivity contribution >= 4 is 33.4 Å². The number of para-hydroxylation sites is 1. The summed E-state index contributed by atoms with van der Waals surface area (Å²) >= 11 is 1.61. The molecule has 0 saturated carbocycles. The number of benzene rings is 2. The van der Waals surface area contributed by atoms with Crippen LogP contribution in [-0.2, 0) is 4.74 Å². The van der Waals surface area contributed by atoms with Gasteiger partial charge in [-0.3, -0.25) is 0 Å². The van der Waals surface area contributed by atoms with E-state index in [4.69, 9.17) is 4.74 Å². The van der Waals surface area contributed by atoms with E-state index in [0.717, 1.165) is 21.2 Å². The fourth-order valence-electron chi connectivity index (χ4n) is 2.14. The van der Waals surface area contributed by atoms with E-state index in [-0.39, 0.29) is 5.97 Å². The molecule has 0 unspecified atom stereocenters. The Morgan fingerprint density at radius 3 is 2.29 bits per heavy atom. The first-order valence-corrected chi connectivity index (χ1v) is 8.67. The number of hydrogen-bond donors (Lipinski definition) is 0. The summed E-state index contributed by atoms with van der Waals surface area (Å²) in [5.74, 6) is -0.291. The largest absolute Gasteiger partial charge is 0.462 e. The second kappa shape index (κ2) is 9.08. The van der Waals surface area contributed by atoms with E-state index in [2.05, 4.69) is 4.99 Å². The monoisotopic (exact) mass is 339 g/mol. The number of aliphatic imine (C=N–C) groups is 1. The van der Waals surface area contributed by atoms with E-state index >= 15 is 0 Å². The molecule has 0 fully saturated rings. The standard InChI is InChI=1S/C20H21NO2S/c1-4-19(24-15(3)21-18-9-7-6-8-10-18)16-11-13-17(14-12-16)20(22)23-5-2/h4,6-14H,5H2,1-3H3/b19-4-,21-15?. The lowest BCUT2D eigenvalue weighted by atomic mass is 10.1. The molecule has 0 aliphatic heterocycles. The van der Waals surface area contributed by atoms with Gasteiger partial charge in [0.25, 0.3) is 0 Å². The number of allylic oxidation sites excluding steroid dienone is 1. The summed E-state index contributed by atoms with van der Waals surface area (Å²) in [4.78, 5) is 17.4. The number of hydrogen-bond acceptors (Lipinski definition) is 4. The number of rotatable bonds is 5. The van der Waals surface area contributed by atoms with Crippen LogP contribution in [0.1, 0.15) is 36.7 Å². The molecule has 0 heterocycles. The summed E-state index contributed by atoms with van der Waals surface area (Å²) in [6, 6.07) is 17.3. The van der Waals surface area contributed by atoms with Crippen LogP contribution in [-0.4, -0.2) is 17.6 Å². The molecule has 0 aliphatic rings. The van der Waals surface area contributed by atoms with Crippen LogP contribution < -0.4 is 0 Å². The Kier molecular flexibility index (Phi) is 6.82. The smallest absolute Gasteiger partial charge is 0.338 e. The zero-order chi connectivity index (χ0) is 17.4. The van der Waals surface area contributed by atoms with E-state index in [0.29, 0.717) is 12.2 Å². The van der Waals surface area contributed by atoms with Crippen LogP contribution in [0.5, 0.6) is 0 Å². The van der Waals surface area contributed by atoms with Crippen LogP contribution in [0, 0.1) is 0 Å². The molecule has 4 heteroatoms. The molecule has 2 aromatic carbocycles. The Hall–Kier alpha value is -2.33. The molecular weight excluding hydrogens is 318 g/mol. The van der Waals surface area contributed by atoms with Gasteiger partial charge in [0.2, 0.25) is 0 Å². The molecule has 124 valence electrons. The van der Waals surface area contributed by atoms with E-state index in [9.17, 15) is 4.79 Å². The van der Waals surface area contributed by atoms with Crippen LogP contribution in [0.2, 0.25) is 0 Å². The van der Waals surface area contributed by atoms with Crippen molar-refractivity contribution < 1.29 is 9.53 Å². The first-order valence-electron chi connectivity index (χ1n) is 7.86. The Labute approximate surface area is 147 Å². The van der Waals surface area contributed by atoms with E-state index in [1.54, 1.807) is 30.8 Å². The quantitative estimate of drug-likeness (QED) is 0.398. The average molecular weight is 339 g/mol. The molecule has 0 atom stereocenters. The Balaban J connectivity index is 2.11. The summed E-state index contributed by atoms with van der Waals surface area (Å²) < 4.78 is 5.01. The molecule has 0 aliphatic carbocycles. The highest BCUT2D eigenvalue weighted by Gasteiger charge is 2.08. The highest BCUT2D eigenvalue weighted by Crippen LogP contribution is 2.30. The van der Waals surface area contributed by atoms with Gasteiger partial charge in [-0.25, -0.2) is 9.79 Å². The van der Waals surface area contributed by atoms with Crippen LogP contribution in [0.25, 0.3) is 4.91 Å². The van der Waals surface area contributed by atoms with Crippen molar-refractivity contribution in [2.45, 2.75) is 20.8 Å². The average Bonchev–Trinajstić information content (AvgIpc) is 2.61. The first-order chi connectivity index (χ1) is 11.6. The maximum absolute atomic E-state index is 11.7. The van der Waals surface area contributed by atoms with Crippen LogP contribution in [0.4, 0.5) is 5.69 Å². The highest BCUT2D eigenvalue weighted by molar-refractivity contribution is 8.21. The minimum atomic E-state index is -0.291. The fourth-order valence-corrected chi connectivity index (χ4v) is 2.98. The number of thioether (sulfide) groups is 1. The molecule has 0 radical (unpaired) electrons. The van der Waals surface area contributed by atoms with Gasteiger partial charge in [-0.15, -0.1) is 0 Å². The van der Waals surface area contributed by atoms with Crippen LogP contribution in [0.15, 0.2) is 65.7 Å². The summed E-state index contributed by atoms with van der Waals surface area (Å²) in [7, 11) is 0. The van der Waals surface area contributed by atoms with Crippen molar-refractivity contribution in [3.63, 3.8) is 0 Å². The number of carbonyl (C=O) groups is 1. The number of nitrogens with zero attached hydrogens (tertiary/aromatic N) is 1. The van der Waals surface area contributed by atoms with Crippen molar-refractivity contribution in [2.75, 3.05) is 6.61 Å². The minimum absolute atomic E-state index is 0.291. The molecule has 2 rings (SSSR count). The first kappa shape index (κ1) is 18.0. The summed E-state index contributed by atoms with van der Waals surface area (Å²) in [6.45, 7) is 6.17. The van der Waals surface area contributed by atoms with Gasteiger partial charge in [0.05, 0.1) is 22.9 Å². The molecule has 2 aromatic rings. The molecule has 0 amide bonds. The van der Waals surface area contributed by atoms with Crippen molar-refractivity contribution in [1.82, 2.24) is 0 Å². The zero-order valence-corrected chi connectivity index (χ0v) is 15.0. The highest BCUT2D eigenvalue weighted by atomic mass is 32.2. The number of carbonyl (C=O) groups excluding carboxylic acids is 1. The lowest BCUT2D eigenvalue weighted by molar-refractivity contribution is 0.0526. The molecule has 3 nitrogen and oxygen atoms in total. The lowest BCUT2D eigenvalue weighted by Gasteiger charge is -2.08. The van der Waals surface area contributed by atoms with Gasteiger partial charge >= 0.3 is 5.97 Å². The fraction of sp³-hybridized carbons (Fsp3) is 0.200. The number of ether oxygens (including phenoxy) is 1. The minimum Gasteiger partial charge on any atom is -0.462 e. The van der Waals surface area contributed by atoms with Crippen molar-refractivity contribution in [3.05, 3.63) is 71.8 Å². The maximum atomic E-state index is 11.7. The third-order valence-electron chi connectivity index (χ3n) is 3.24. The molecule has 0 aromatic heterocycles. The van der Waals surface area contributed by atoms with Gasteiger partial charge in [-0.1, -0.05) is 48.2 Å². The second-order valence-electron chi connectivity index (χ2n) is 5.02. The van der Waals surface area contributed by atoms with Crippen molar-refractivity contribution in [2.24, 2.45) is 4.99 Å². The third kappa shape index (κ3) is 5.10. The Morgan fingerprint density at radius 2 is 1.71 bits per heavy atom. The van der Waals surface area contributed by atoms with E-state index in [1.807, 2.05) is 62.4 Å². The van der Waals surface area contributed by atoms with Gasteiger partial charge in [-0.2, -0.15) is 0 Å². The topological polar surface area (TPSA) is 38.7 Å². The van der Waals surface area contributed by atoms with Crippen LogP contribution in [0.3, 0.4) is 0 Å².